The Morgan fingerprint density at radius 2 is 0.782 bits per heavy atom. The van der Waals surface area contributed by atoms with E-state index in [0.29, 0.717) is 28.2 Å². The third kappa shape index (κ3) is 17.9. The topological polar surface area (TPSA) is 45.8 Å². The quantitative estimate of drug-likeness (QED) is 0.182. The van der Waals surface area contributed by atoms with Gasteiger partial charge in [-0.25, -0.2) is 0 Å². The van der Waals surface area contributed by atoms with E-state index in [1.165, 1.54) is 103 Å². The lowest BCUT2D eigenvalue weighted by atomic mass is 9.75. The monoisotopic (exact) mass is 775 g/mol. The molecule has 0 unspecified atom stereocenters. The van der Waals surface area contributed by atoms with Gasteiger partial charge in [-0.15, -0.1) is 0 Å². The summed E-state index contributed by atoms with van der Waals surface area (Å²) in [7, 11) is 4.61. The summed E-state index contributed by atoms with van der Waals surface area (Å²) < 4.78 is 0. The minimum absolute atomic E-state index is 0.237. The number of hydrogen-bond acceptors (Lipinski definition) is 6. The summed E-state index contributed by atoms with van der Waals surface area (Å²) in [6, 6.07) is 1.42. The predicted molar refractivity (Wildman–Crippen MR) is 246 cm³/mol. The Morgan fingerprint density at radius 3 is 1.15 bits per heavy atom. The third-order valence-electron chi connectivity index (χ3n) is 13.6. The fourth-order valence-corrected chi connectivity index (χ4v) is 12.8. The Morgan fingerprint density at radius 1 is 0.455 bits per heavy atom. The molecule has 4 aliphatic rings. The van der Waals surface area contributed by atoms with Gasteiger partial charge in [-0.3, -0.25) is 4.90 Å². The molecule has 0 amide bonds. The lowest BCUT2D eigenvalue weighted by molar-refractivity contribution is -0.0255. The van der Waals surface area contributed by atoms with Gasteiger partial charge in [0.15, 0.2) is 0 Å². The van der Waals surface area contributed by atoms with Crippen LogP contribution in [0.25, 0.3) is 0 Å². The molecule has 328 valence electrons. The van der Waals surface area contributed by atoms with E-state index in [0.717, 1.165) is 17.9 Å². The van der Waals surface area contributed by atoms with Gasteiger partial charge in [-0.2, -0.15) is 0 Å². The van der Waals surface area contributed by atoms with E-state index in [4.69, 9.17) is 0 Å². The highest BCUT2D eigenvalue weighted by Gasteiger charge is 2.42. The van der Waals surface area contributed by atoms with Gasteiger partial charge in [0.1, 0.15) is 0 Å². The number of piperidine rings is 4. The van der Waals surface area contributed by atoms with E-state index < -0.39 is 0 Å². The number of unbranched alkanes of at least 4 members (excludes halogenated alkanes) is 3. The molecule has 4 saturated heterocycles. The summed E-state index contributed by atoms with van der Waals surface area (Å²) in [6.07, 6.45) is 17.0. The molecule has 3 N–H and O–H groups in total. The molecule has 6 heteroatoms. The van der Waals surface area contributed by atoms with Gasteiger partial charge in [0.05, 0.1) is 0 Å². The zero-order valence-electron chi connectivity index (χ0n) is 41.5. The average molecular weight is 775 g/mol. The summed E-state index contributed by atoms with van der Waals surface area (Å²) in [5.74, 6) is 1.73. The van der Waals surface area contributed by atoms with Gasteiger partial charge in [0.25, 0.3) is 0 Å². The Bertz CT molecular complexity index is 1070. The Kier molecular flexibility index (Phi) is 18.0. The first-order valence-corrected chi connectivity index (χ1v) is 23.3. The summed E-state index contributed by atoms with van der Waals surface area (Å²) in [6.45, 7) is 48.4. The summed E-state index contributed by atoms with van der Waals surface area (Å²) >= 11 is 0. The van der Waals surface area contributed by atoms with Crippen LogP contribution < -0.4 is 16.0 Å². The first-order valence-electron chi connectivity index (χ1n) is 23.3. The van der Waals surface area contributed by atoms with E-state index in [2.05, 4.69) is 176 Å². The molecule has 4 rings (SSSR count). The molecule has 0 aliphatic carbocycles. The molecule has 55 heavy (non-hydrogen) atoms. The Labute approximate surface area is 346 Å². The van der Waals surface area contributed by atoms with Crippen molar-refractivity contribution >= 4 is 0 Å². The lowest BCUT2D eigenvalue weighted by Gasteiger charge is -2.53. The van der Waals surface area contributed by atoms with Crippen LogP contribution >= 0.6 is 0 Å². The zero-order chi connectivity index (χ0) is 42.5. The van der Waals surface area contributed by atoms with Crippen molar-refractivity contribution < 1.29 is 0 Å². The minimum Gasteiger partial charge on any atom is -0.307 e. The fourth-order valence-electron chi connectivity index (χ4n) is 12.8. The highest BCUT2D eigenvalue weighted by molar-refractivity contribution is 5.02. The second-order valence-corrected chi connectivity index (χ2v) is 24.9. The van der Waals surface area contributed by atoms with Crippen LogP contribution in [0.2, 0.25) is 0 Å². The van der Waals surface area contributed by atoms with E-state index in [1.807, 2.05) is 0 Å². The summed E-state index contributed by atoms with van der Waals surface area (Å²) in [4.78, 5) is 7.99. The van der Waals surface area contributed by atoms with Crippen LogP contribution in [-0.4, -0.2) is 105 Å². The van der Waals surface area contributed by atoms with Crippen molar-refractivity contribution in [3.8, 4) is 0 Å². The molecule has 0 bridgehead atoms. The van der Waals surface area contributed by atoms with Crippen LogP contribution in [0, 0.1) is 11.8 Å². The van der Waals surface area contributed by atoms with Gasteiger partial charge in [0.2, 0.25) is 0 Å². The van der Waals surface area contributed by atoms with Gasteiger partial charge >= 0.3 is 0 Å². The maximum absolute atomic E-state index is 3.86. The van der Waals surface area contributed by atoms with E-state index in [-0.39, 0.29) is 22.2 Å². The maximum Gasteiger partial charge on any atom is 0.0158 e. The third-order valence-corrected chi connectivity index (χ3v) is 13.6. The number of rotatable bonds is 11. The Hall–Kier alpha value is -0.240. The van der Waals surface area contributed by atoms with Gasteiger partial charge < -0.3 is 25.8 Å². The zero-order valence-corrected chi connectivity index (χ0v) is 41.5. The summed E-state index contributed by atoms with van der Waals surface area (Å²) in [5.41, 5.74) is 2.37. The molecule has 0 aromatic carbocycles. The fraction of sp³-hybridized carbons (Fsp3) is 1.00. The average Bonchev–Trinajstić information content (AvgIpc) is 2.92. The second-order valence-electron chi connectivity index (χ2n) is 24.9. The van der Waals surface area contributed by atoms with Crippen molar-refractivity contribution in [2.45, 2.75) is 271 Å². The highest BCUT2D eigenvalue weighted by Crippen LogP contribution is 2.40. The molecule has 4 aliphatic heterocycles. The number of hydrogen-bond donors (Lipinski definition) is 3. The van der Waals surface area contributed by atoms with E-state index in [9.17, 15) is 0 Å². The Balaban J connectivity index is 0.000000367. The standard InChI is InChI=1S/C28H58N4.C11H23N.C10H21N/c1-11-16-32(24-21-27(6,7)30-28(8,9)22-24)18-15-13-12-14-17-31(10)23-19-25(2,3)29-26(4,5)20-23;1-9-7-10(2,3)12(6)11(4,5)8-9;1-8-6-9(2,3)11-10(4,5)7-8/h23-24,29-30H,11-22H2,1-10H3;9H,7-8H2,1-6H3;8,11H,6-7H2,1-5H3. The van der Waals surface area contributed by atoms with Crippen molar-refractivity contribution in [2.75, 3.05) is 33.7 Å². The molecule has 0 radical (unpaired) electrons. The highest BCUT2D eigenvalue weighted by atomic mass is 15.2. The van der Waals surface area contributed by atoms with Crippen molar-refractivity contribution in [2.24, 2.45) is 11.8 Å². The predicted octanol–water partition coefficient (Wildman–Crippen LogP) is 11.3. The lowest BCUT2D eigenvalue weighted by Crippen LogP contribution is -2.62. The van der Waals surface area contributed by atoms with Crippen molar-refractivity contribution in [1.29, 1.82) is 0 Å². The smallest absolute Gasteiger partial charge is 0.0158 e. The van der Waals surface area contributed by atoms with Crippen LogP contribution in [0.1, 0.15) is 215 Å². The molecule has 0 aromatic heterocycles. The van der Waals surface area contributed by atoms with Gasteiger partial charge in [-0.05, 0) is 227 Å². The van der Waals surface area contributed by atoms with Crippen LogP contribution in [0.4, 0.5) is 0 Å². The van der Waals surface area contributed by atoms with Crippen molar-refractivity contribution in [3.05, 3.63) is 0 Å². The summed E-state index contributed by atoms with van der Waals surface area (Å²) in [5, 5.41) is 11.3. The molecule has 0 atom stereocenters. The maximum atomic E-state index is 3.86. The normalized spacial score (nSPS) is 27.5. The minimum atomic E-state index is 0.237. The van der Waals surface area contributed by atoms with E-state index in [1.54, 1.807) is 0 Å². The number of likely N-dealkylation sites (tertiary alicyclic amines) is 1. The largest absolute Gasteiger partial charge is 0.307 e. The molecular weight excluding hydrogens is 673 g/mol. The first-order chi connectivity index (χ1) is 24.7. The molecule has 0 spiro atoms. The van der Waals surface area contributed by atoms with E-state index >= 15 is 0 Å². The first kappa shape index (κ1) is 50.9. The number of nitrogens with zero attached hydrogens (tertiary/aromatic N) is 3. The van der Waals surface area contributed by atoms with Crippen LogP contribution in [0.3, 0.4) is 0 Å². The second kappa shape index (κ2) is 19.4. The van der Waals surface area contributed by atoms with Crippen molar-refractivity contribution in [1.82, 2.24) is 30.7 Å². The SMILES string of the molecule is CC1CC(C)(C)N(C)C(C)(C)C1.CC1CC(C)(C)NC(C)(C)C1.CCCN(CCCCCCN(C)C1CC(C)(C)NC(C)(C)C1)C1CC(C)(C)NC(C)(C)C1. The van der Waals surface area contributed by atoms with Gasteiger partial charge in [-0.1, -0.05) is 33.6 Å². The molecule has 0 aromatic rings. The van der Waals surface area contributed by atoms with Crippen LogP contribution in [0.15, 0.2) is 0 Å². The van der Waals surface area contributed by atoms with Crippen LogP contribution in [-0.2, 0) is 0 Å². The molecule has 4 heterocycles. The van der Waals surface area contributed by atoms with Gasteiger partial charge in [0, 0.05) is 56.4 Å². The number of nitrogens with one attached hydrogen (secondary N) is 3. The molecule has 0 saturated carbocycles. The van der Waals surface area contributed by atoms with Crippen molar-refractivity contribution in [3.63, 3.8) is 0 Å². The molecule has 4 fully saturated rings. The molecule has 6 nitrogen and oxygen atoms in total. The van der Waals surface area contributed by atoms with Crippen LogP contribution in [0.5, 0.6) is 0 Å². The molecular formula is C49H102N6.